The Bertz CT molecular complexity index is 598. The van der Waals surface area contributed by atoms with E-state index in [4.69, 9.17) is 4.74 Å². The maximum atomic E-state index is 12.5. The van der Waals surface area contributed by atoms with Crippen molar-refractivity contribution in [2.24, 2.45) is 11.8 Å². The second kappa shape index (κ2) is 5.15. The Morgan fingerprint density at radius 2 is 1.81 bits per heavy atom. The van der Waals surface area contributed by atoms with E-state index in [9.17, 15) is 14.7 Å². The smallest absolute Gasteiger partial charge is 0.310 e. The number of ether oxygens (including phenoxy) is 1. The van der Waals surface area contributed by atoms with Gasteiger partial charge in [-0.1, -0.05) is 6.07 Å². The minimum absolute atomic E-state index is 0.252. The van der Waals surface area contributed by atoms with Crippen molar-refractivity contribution >= 4 is 17.6 Å². The van der Waals surface area contributed by atoms with Gasteiger partial charge in [0.1, 0.15) is 0 Å². The molecule has 5 heteroatoms. The summed E-state index contributed by atoms with van der Waals surface area (Å²) in [5.74, 6) is -2.52. The molecule has 0 radical (unpaired) electrons. The van der Waals surface area contributed by atoms with Crippen LogP contribution in [-0.2, 0) is 14.3 Å². The van der Waals surface area contributed by atoms with E-state index in [0.29, 0.717) is 5.69 Å². The van der Waals surface area contributed by atoms with Crippen LogP contribution in [-0.4, -0.2) is 29.2 Å². The Hall–Kier alpha value is -1.88. The molecule has 2 heterocycles. The van der Waals surface area contributed by atoms with Gasteiger partial charge in [0.15, 0.2) is 0 Å². The Morgan fingerprint density at radius 1 is 1.14 bits per heavy atom. The standard InChI is InChI=1S/C16H19NO4/c1-8-3-4-10(7-9(8)2)17-15(18)13-11-5-6-12(21-11)14(13)16(19)20/h3-4,7,11-14H,5-6H2,1-2H3,(H,17,18)(H,19,20)/t11-,12-,13+,14+/m1/s1. The lowest BCUT2D eigenvalue weighted by molar-refractivity contribution is -0.147. The second-order valence-corrected chi connectivity index (χ2v) is 5.97. The van der Waals surface area contributed by atoms with Crippen LogP contribution < -0.4 is 5.32 Å². The molecule has 2 bridgehead atoms. The summed E-state index contributed by atoms with van der Waals surface area (Å²) in [5, 5.41) is 12.2. The first-order valence-electron chi connectivity index (χ1n) is 7.24. The topological polar surface area (TPSA) is 75.6 Å². The van der Waals surface area contributed by atoms with Gasteiger partial charge in [-0.3, -0.25) is 9.59 Å². The number of anilines is 1. The van der Waals surface area contributed by atoms with E-state index >= 15 is 0 Å². The fraction of sp³-hybridized carbons (Fsp3) is 0.500. The Kier molecular flexibility index (Phi) is 3.45. The van der Waals surface area contributed by atoms with Crippen molar-refractivity contribution in [2.45, 2.75) is 38.9 Å². The summed E-state index contributed by atoms with van der Waals surface area (Å²) in [6.45, 7) is 3.98. The number of fused-ring (bicyclic) bond motifs is 2. The highest BCUT2D eigenvalue weighted by Crippen LogP contribution is 2.44. The van der Waals surface area contributed by atoms with Gasteiger partial charge in [0.2, 0.25) is 5.91 Å². The third-order valence-corrected chi connectivity index (χ3v) is 4.64. The molecule has 21 heavy (non-hydrogen) atoms. The Morgan fingerprint density at radius 3 is 2.43 bits per heavy atom. The molecule has 2 aliphatic heterocycles. The molecular formula is C16H19NO4. The van der Waals surface area contributed by atoms with Gasteiger partial charge in [0, 0.05) is 5.69 Å². The summed E-state index contributed by atoms with van der Waals surface area (Å²) in [6, 6.07) is 5.68. The van der Waals surface area contributed by atoms with Crippen LogP contribution in [0.3, 0.4) is 0 Å². The Balaban J connectivity index is 1.78. The molecular weight excluding hydrogens is 270 g/mol. The van der Waals surface area contributed by atoms with Crippen LogP contribution in [0.5, 0.6) is 0 Å². The van der Waals surface area contributed by atoms with Gasteiger partial charge >= 0.3 is 5.97 Å². The maximum absolute atomic E-state index is 12.5. The molecule has 0 aromatic heterocycles. The highest BCUT2D eigenvalue weighted by molar-refractivity contribution is 5.96. The number of benzene rings is 1. The molecule has 1 aromatic rings. The predicted molar refractivity (Wildman–Crippen MR) is 77.1 cm³/mol. The molecule has 2 fully saturated rings. The number of amides is 1. The number of carboxylic acids is 1. The van der Waals surface area contributed by atoms with Gasteiger partial charge in [-0.2, -0.15) is 0 Å². The van der Waals surface area contributed by atoms with E-state index in [-0.39, 0.29) is 18.1 Å². The molecule has 3 rings (SSSR count). The lowest BCUT2D eigenvalue weighted by Gasteiger charge is -2.24. The first kappa shape index (κ1) is 14.1. The molecule has 0 aliphatic carbocycles. The van der Waals surface area contributed by atoms with Gasteiger partial charge in [0.25, 0.3) is 0 Å². The van der Waals surface area contributed by atoms with Crippen molar-refractivity contribution in [3.8, 4) is 0 Å². The molecule has 2 saturated heterocycles. The van der Waals surface area contributed by atoms with Gasteiger partial charge in [-0.25, -0.2) is 0 Å². The number of aryl methyl sites for hydroxylation is 2. The first-order valence-corrected chi connectivity index (χ1v) is 7.24. The minimum atomic E-state index is -0.942. The van der Waals surface area contributed by atoms with Crippen LogP contribution in [0.1, 0.15) is 24.0 Å². The van der Waals surface area contributed by atoms with Crippen LogP contribution in [0.4, 0.5) is 5.69 Å². The second-order valence-electron chi connectivity index (χ2n) is 5.97. The zero-order valence-corrected chi connectivity index (χ0v) is 12.1. The summed E-state index contributed by atoms with van der Waals surface area (Å²) in [5.41, 5.74) is 2.95. The zero-order valence-electron chi connectivity index (χ0n) is 12.1. The van der Waals surface area contributed by atoms with Crippen molar-refractivity contribution in [3.05, 3.63) is 29.3 Å². The first-order chi connectivity index (χ1) is 9.97. The normalized spacial score (nSPS) is 30.4. The number of carbonyl (C=O) groups is 2. The average Bonchev–Trinajstić information content (AvgIpc) is 3.03. The number of rotatable bonds is 3. The monoisotopic (exact) mass is 289 g/mol. The summed E-state index contributed by atoms with van der Waals surface area (Å²) < 4.78 is 5.62. The summed E-state index contributed by atoms with van der Waals surface area (Å²) in [6.07, 6.45) is 0.916. The van der Waals surface area contributed by atoms with E-state index in [0.717, 1.165) is 24.0 Å². The molecule has 4 atom stereocenters. The number of nitrogens with one attached hydrogen (secondary N) is 1. The number of carbonyl (C=O) groups excluding carboxylic acids is 1. The third-order valence-electron chi connectivity index (χ3n) is 4.64. The summed E-state index contributed by atoms with van der Waals surface area (Å²) in [4.78, 5) is 23.9. The molecule has 0 spiro atoms. The minimum Gasteiger partial charge on any atom is -0.481 e. The highest BCUT2D eigenvalue weighted by Gasteiger charge is 2.55. The largest absolute Gasteiger partial charge is 0.481 e. The SMILES string of the molecule is Cc1ccc(NC(=O)[C@@H]2[C@@H](C(=O)O)[C@H]3CC[C@H]2O3)cc1C. The van der Waals surface area contributed by atoms with Crippen molar-refractivity contribution < 1.29 is 19.4 Å². The van der Waals surface area contributed by atoms with E-state index in [1.807, 2.05) is 32.0 Å². The fourth-order valence-corrected chi connectivity index (χ4v) is 3.37. The third kappa shape index (κ3) is 2.42. The van der Waals surface area contributed by atoms with E-state index in [2.05, 4.69) is 5.32 Å². The molecule has 0 saturated carbocycles. The predicted octanol–water partition coefficient (Wildman–Crippen LogP) is 2.12. The van der Waals surface area contributed by atoms with Crippen molar-refractivity contribution in [1.82, 2.24) is 0 Å². The van der Waals surface area contributed by atoms with E-state index in [1.165, 1.54) is 0 Å². The number of hydrogen-bond donors (Lipinski definition) is 2. The van der Waals surface area contributed by atoms with Gasteiger partial charge < -0.3 is 15.2 Å². The lowest BCUT2D eigenvalue weighted by Crippen LogP contribution is -2.40. The van der Waals surface area contributed by atoms with E-state index in [1.54, 1.807) is 0 Å². The molecule has 1 aromatic carbocycles. The molecule has 0 unspecified atom stereocenters. The molecule has 5 nitrogen and oxygen atoms in total. The van der Waals surface area contributed by atoms with Gasteiger partial charge in [0.05, 0.1) is 24.0 Å². The lowest BCUT2D eigenvalue weighted by atomic mass is 9.78. The van der Waals surface area contributed by atoms with Crippen LogP contribution in [0.15, 0.2) is 18.2 Å². The Labute approximate surface area is 123 Å². The highest BCUT2D eigenvalue weighted by atomic mass is 16.5. The van der Waals surface area contributed by atoms with Crippen LogP contribution in [0, 0.1) is 25.7 Å². The van der Waals surface area contributed by atoms with Crippen LogP contribution in [0.2, 0.25) is 0 Å². The van der Waals surface area contributed by atoms with Crippen molar-refractivity contribution in [2.75, 3.05) is 5.32 Å². The number of carboxylic acid groups (broad SMARTS) is 1. The molecule has 2 aliphatic rings. The zero-order chi connectivity index (χ0) is 15.1. The van der Waals surface area contributed by atoms with Gasteiger partial charge in [-0.15, -0.1) is 0 Å². The van der Waals surface area contributed by atoms with Crippen molar-refractivity contribution in [3.63, 3.8) is 0 Å². The fourth-order valence-electron chi connectivity index (χ4n) is 3.37. The van der Waals surface area contributed by atoms with Crippen LogP contribution >= 0.6 is 0 Å². The van der Waals surface area contributed by atoms with E-state index < -0.39 is 17.8 Å². The summed E-state index contributed by atoms with van der Waals surface area (Å²) in [7, 11) is 0. The van der Waals surface area contributed by atoms with Crippen molar-refractivity contribution in [1.29, 1.82) is 0 Å². The number of aliphatic carboxylic acids is 1. The van der Waals surface area contributed by atoms with Crippen LogP contribution in [0.25, 0.3) is 0 Å². The quantitative estimate of drug-likeness (QED) is 0.893. The average molecular weight is 289 g/mol. The summed E-state index contributed by atoms with van der Waals surface area (Å²) >= 11 is 0. The molecule has 2 N–H and O–H groups in total. The molecule has 1 amide bonds. The number of hydrogen-bond acceptors (Lipinski definition) is 3. The maximum Gasteiger partial charge on any atom is 0.310 e. The molecule has 112 valence electrons. The van der Waals surface area contributed by atoms with Gasteiger partial charge in [-0.05, 0) is 49.9 Å².